The van der Waals surface area contributed by atoms with Crippen molar-refractivity contribution in [1.29, 1.82) is 0 Å². The summed E-state index contributed by atoms with van der Waals surface area (Å²) in [6.07, 6.45) is 0.676. The molecule has 0 fully saturated rings. The quantitative estimate of drug-likeness (QED) is 0.579. The SMILES string of the molecule is CC(C)CNC(=O)c1cccc(CN(CCCO)Cc2ccc(Cl)c(Cl)c2)c1. The highest BCUT2D eigenvalue weighted by Gasteiger charge is 2.11. The van der Waals surface area contributed by atoms with Gasteiger partial charge < -0.3 is 10.4 Å². The molecule has 152 valence electrons. The first-order valence-electron chi connectivity index (χ1n) is 9.53. The standard InChI is InChI=1S/C22H28Cl2N2O2/c1-16(2)13-25-22(28)19-6-3-5-17(11-19)14-26(9-4-10-27)15-18-7-8-20(23)21(24)12-18/h3,5-8,11-12,16,27H,4,9-10,13-15H2,1-2H3,(H,25,28). The molecule has 0 aliphatic carbocycles. The van der Waals surface area contributed by atoms with E-state index in [1.165, 1.54) is 0 Å². The molecule has 28 heavy (non-hydrogen) atoms. The summed E-state index contributed by atoms with van der Waals surface area (Å²) in [7, 11) is 0. The molecular formula is C22H28Cl2N2O2. The first-order valence-corrected chi connectivity index (χ1v) is 10.3. The van der Waals surface area contributed by atoms with Gasteiger partial charge >= 0.3 is 0 Å². The Labute approximate surface area is 177 Å². The molecule has 0 saturated heterocycles. The lowest BCUT2D eigenvalue weighted by molar-refractivity contribution is 0.0949. The van der Waals surface area contributed by atoms with Crippen LogP contribution in [0.15, 0.2) is 42.5 Å². The zero-order valence-corrected chi connectivity index (χ0v) is 17.9. The van der Waals surface area contributed by atoms with Gasteiger partial charge in [-0.05, 0) is 47.7 Å². The molecule has 6 heteroatoms. The van der Waals surface area contributed by atoms with Crippen LogP contribution in [0.2, 0.25) is 10.0 Å². The first-order chi connectivity index (χ1) is 13.4. The number of benzene rings is 2. The molecule has 0 aliphatic rings. The molecule has 0 aromatic heterocycles. The summed E-state index contributed by atoms with van der Waals surface area (Å²) < 4.78 is 0. The lowest BCUT2D eigenvalue weighted by atomic mass is 10.1. The van der Waals surface area contributed by atoms with Crippen molar-refractivity contribution in [2.24, 2.45) is 5.92 Å². The highest BCUT2D eigenvalue weighted by atomic mass is 35.5. The number of rotatable bonds is 10. The second kappa shape index (κ2) is 11.4. The lowest BCUT2D eigenvalue weighted by Crippen LogP contribution is -2.28. The highest BCUT2D eigenvalue weighted by molar-refractivity contribution is 6.42. The summed E-state index contributed by atoms with van der Waals surface area (Å²) in [5.41, 5.74) is 2.77. The van der Waals surface area contributed by atoms with Crippen molar-refractivity contribution in [3.05, 3.63) is 69.2 Å². The van der Waals surface area contributed by atoms with E-state index in [2.05, 4.69) is 24.1 Å². The number of amides is 1. The fourth-order valence-electron chi connectivity index (χ4n) is 2.87. The van der Waals surface area contributed by atoms with E-state index in [-0.39, 0.29) is 12.5 Å². The van der Waals surface area contributed by atoms with E-state index in [9.17, 15) is 9.90 Å². The second-order valence-electron chi connectivity index (χ2n) is 7.34. The van der Waals surface area contributed by atoms with Gasteiger partial charge in [0.1, 0.15) is 0 Å². The van der Waals surface area contributed by atoms with Gasteiger partial charge in [0.15, 0.2) is 0 Å². The van der Waals surface area contributed by atoms with Gasteiger partial charge in [0.05, 0.1) is 10.0 Å². The van der Waals surface area contributed by atoms with Gasteiger partial charge in [0, 0.05) is 38.3 Å². The summed E-state index contributed by atoms with van der Waals surface area (Å²) in [5.74, 6) is 0.356. The van der Waals surface area contributed by atoms with Crippen molar-refractivity contribution < 1.29 is 9.90 Å². The smallest absolute Gasteiger partial charge is 0.251 e. The van der Waals surface area contributed by atoms with Crippen LogP contribution in [0.3, 0.4) is 0 Å². The molecule has 0 heterocycles. The van der Waals surface area contributed by atoms with Gasteiger partial charge in [0.2, 0.25) is 0 Å². The van der Waals surface area contributed by atoms with Crippen molar-refractivity contribution in [3.63, 3.8) is 0 Å². The summed E-state index contributed by atoms with van der Waals surface area (Å²) in [5, 5.41) is 13.2. The number of hydrogen-bond donors (Lipinski definition) is 2. The maximum Gasteiger partial charge on any atom is 0.251 e. The Kier molecular flexibility index (Phi) is 9.26. The molecule has 0 bridgehead atoms. The molecule has 0 saturated carbocycles. The molecule has 0 spiro atoms. The number of nitrogens with zero attached hydrogens (tertiary/aromatic N) is 1. The maximum atomic E-state index is 12.3. The van der Waals surface area contributed by atoms with E-state index in [1.54, 1.807) is 6.07 Å². The maximum absolute atomic E-state index is 12.3. The number of nitrogens with one attached hydrogen (secondary N) is 1. The largest absolute Gasteiger partial charge is 0.396 e. The van der Waals surface area contributed by atoms with E-state index in [0.717, 1.165) is 17.7 Å². The molecule has 2 N–H and O–H groups in total. The number of aliphatic hydroxyl groups excluding tert-OH is 1. The third-order valence-corrected chi connectivity index (χ3v) is 5.03. The van der Waals surface area contributed by atoms with E-state index in [1.807, 2.05) is 36.4 Å². The monoisotopic (exact) mass is 422 g/mol. The van der Waals surface area contributed by atoms with Crippen LogP contribution in [0.5, 0.6) is 0 Å². The second-order valence-corrected chi connectivity index (χ2v) is 8.15. The average Bonchev–Trinajstić information content (AvgIpc) is 2.67. The van der Waals surface area contributed by atoms with Crippen LogP contribution in [-0.4, -0.2) is 35.6 Å². The van der Waals surface area contributed by atoms with Crippen molar-refractivity contribution >= 4 is 29.1 Å². The van der Waals surface area contributed by atoms with Gasteiger partial charge in [-0.2, -0.15) is 0 Å². The Hall–Kier alpha value is -1.59. The third kappa shape index (κ3) is 7.44. The molecule has 2 rings (SSSR count). The number of carbonyl (C=O) groups is 1. The Morgan fingerprint density at radius 1 is 1.07 bits per heavy atom. The Morgan fingerprint density at radius 3 is 2.43 bits per heavy atom. The van der Waals surface area contributed by atoms with Gasteiger partial charge in [-0.15, -0.1) is 0 Å². The summed E-state index contributed by atoms with van der Waals surface area (Å²) >= 11 is 12.1. The summed E-state index contributed by atoms with van der Waals surface area (Å²) in [6.45, 7) is 7.02. The highest BCUT2D eigenvalue weighted by Crippen LogP contribution is 2.23. The Bertz CT molecular complexity index is 781. The normalized spacial score (nSPS) is 11.2. The van der Waals surface area contributed by atoms with Gasteiger partial charge in [-0.3, -0.25) is 9.69 Å². The van der Waals surface area contributed by atoms with Crippen molar-refractivity contribution in [3.8, 4) is 0 Å². The zero-order chi connectivity index (χ0) is 20.5. The number of hydrogen-bond acceptors (Lipinski definition) is 3. The van der Waals surface area contributed by atoms with Crippen LogP contribution in [-0.2, 0) is 13.1 Å². The van der Waals surface area contributed by atoms with E-state index in [0.29, 0.717) is 47.6 Å². The Morgan fingerprint density at radius 2 is 1.79 bits per heavy atom. The van der Waals surface area contributed by atoms with Gasteiger partial charge in [-0.1, -0.05) is 55.2 Å². The molecular weight excluding hydrogens is 395 g/mol. The molecule has 2 aromatic carbocycles. The van der Waals surface area contributed by atoms with Crippen LogP contribution >= 0.6 is 23.2 Å². The Balaban J connectivity index is 2.09. The third-order valence-electron chi connectivity index (χ3n) is 4.29. The summed E-state index contributed by atoms with van der Waals surface area (Å²) in [6, 6.07) is 13.3. The molecule has 0 atom stereocenters. The van der Waals surface area contributed by atoms with Crippen LogP contribution in [0.25, 0.3) is 0 Å². The van der Waals surface area contributed by atoms with Crippen molar-refractivity contribution in [2.75, 3.05) is 19.7 Å². The van der Waals surface area contributed by atoms with Crippen LogP contribution in [0.4, 0.5) is 0 Å². The number of aliphatic hydroxyl groups is 1. The fourth-order valence-corrected chi connectivity index (χ4v) is 3.19. The molecule has 0 unspecified atom stereocenters. The predicted octanol–water partition coefficient (Wildman–Crippen LogP) is 4.76. The minimum absolute atomic E-state index is 0.0538. The minimum atomic E-state index is -0.0538. The molecule has 0 radical (unpaired) electrons. The molecule has 4 nitrogen and oxygen atoms in total. The van der Waals surface area contributed by atoms with Gasteiger partial charge in [0.25, 0.3) is 5.91 Å². The lowest BCUT2D eigenvalue weighted by Gasteiger charge is -2.23. The first kappa shape index (κ1) is 22.7. The van der Waals surface area contributed by atoms with Crippen molar-refractivity contribution in [1.82, 2.24) is 10.2 Å². The fraction of sp³-hybridized carbons (Fsp3) is 0.409. The number of halogens is 2. The number of carbonyl (C=O) groups excluding carboxylic acids is 1. The predicted molar refractivity (Wildman–Crippen MR) is 116 cm³/mol. The van der Waals surface area contributed by atoms with E-state index >= 15 is 0 Å². The zero-order valence-electron chi connectivity index (χ0n) is 16.4. The van der Waals surface area contributed by atoms with Crippen LogP contribution < -0.4 is 5.32 Å². The summed E-state index contributed by atoms with van der Waals surface area (Å²) in [4.78, 5) is 14.6. The molecule has 1 amide bonds. The molecule has 2 aromatic rings. The topological polar surface area (TPSA) is 52.6 Å². The molecule has 0 aliphatic heterocycles. The van der Waals surface area contributed by atoms with Gasteiger partial charge in [-0.25, -0.2) is 0 Å². The van der Waals surface area contributed by atoms with Crippen LogP contribution in [0.1, 0.15) is 41.8 Å². The minimum Gasteiger partial charge on any atom is -0.396 e. The van der Waals surface area contributed by atoms with E-state index < -0.39 is 0 Å². The van der Waals surface area contributed by atoms with Crippen molar-refractivity contribution in [2.45, 2.75) is 33.4 Å². The van der Waals surface area contributed by atoms with E-state index in [4.69, 9.17) is 23.2 Å². The van der Waals surface area contributed by atoms with Crippen LogP contribution in [0, 0.1) is 5.92 Å². The average molecular weight is 423 g/mol.